The number of fused-ring (bicyclic) bond motifs is 1. The van der Waals surface area contributed by atoms with Gasteiger partial charge in [-0.15, -0.1) is 0 Å². The van der Waals surface area contributed by atoms with E-state index in [9.17, 15) is 4.79 Å². The fraction of sp³-hybridized carbons (Fsp3) is 0.467. The van der Waals surface area contributed by atoms with Crippen molar-refractivity contribution in [1.82, 2.24) is 9.78 Å². The van der Waals surface area contributed by atoms with Gasteiger partial charge in [-0.25, -0.2) is 0 Å². The molecule has 3 rings (SSSR count). The Labute approximate surface area is 107 Å². The summed E-state index contributed by atoms with van der Waals surface area (Å²) in [7, 11) is 0. The lowest BCUT2D eigenvalue weighted by molar-refractivity contribution is -0.110. The van der Waals surface area contributed by atoms with Crippen LogP contribution in [-0.2, 0) is 11.2 Å². The lowest BCUT2D eigenvalue weighted by atomic mass is 10.1. The maximum atomic E-state index is 10.9. The molecule has 0 spiro atoms. The first-order valence-electron chi connectivity index (χ1n) is 6.75. The molecule has 3 heteroatoms. The molecule has 0 saturated heterocycles. The molecule has 18 heavy (non-hydrogen) atoms. The van der Waals surface area contributed by atoms with Crippen molar-refractivity contribution in [3.05, 3.63) is 30.0 Å². The third-order valence-corrected chi connectivity index (χ3v) is 4.01. The molecule has 1 aromatic carbocycles. The Kier molecular flexibility index (Phi) is 2.90. The monoisotopic (exact) mass is 242 g/mol. The van der Waals surface area contributed by atoms with E-state index in [4.69, 9.17) is 5.10 Å². The first kappa shape index (κ1) is 11.5. The third kappa shape index (κ3) is 1.74. The number of para-hydroxylation sites is 1. The van der Waals surface area contributed by atoms with Crippen molar-refractivity contribution in [2.75, 3.05) is 0 Å². The van der Waals surface area contributed by atoms with Crippen molar-refractivity contribution in [2.45, 2.75) is 38.6 Å². The van der Waals surface area contributed by atoms with E-state index in [1.807, 2.05) is 0 Å². The molecule has 1 saturated carbocycles. The van der Waals surface area contributed by atoms with Gasteiger partial charge in [0.15, 0.2) is 0 Å². The van der Waals surface area contributed by atoms with Crippen LogP contribution in [-0.4, -0.2) is 16.1 Å². The van der Waals surface area contributed by atoms with Gasteiger partial charge in [0.1, 0.15) is 6.29 Å². The van der Waals surface area contributed by atoms with Gasteiger partial charge in [-0.3, -0.25) is 4.68 Å². The van der Waals surface area contributed by atoms with E-state index in [1.165, 1.54) is 16.6 Å². The fourth-order valence-electron chi connectivity index (χ4n) is 3.03. The average molecular weight is 242 g/mol. The van der Waals surface area contributed by atoms with Crippen molar-refractivity contribution in [2.24, 2.45) is 5.92 Å². The zero-order chi connectivity index (χ0) is 12.5. The van der Waals surface area contributed by atoms with Gasteiger partial charge in [-0.2, -0.15) is 5.10 Å². The second-order valence-corrected chi connectivity index (χ2v) is 5.13. The third-order valence-electron chi connectivity index (χ3n) is 4.01. The molecule has 1 unspecified atom stereocenters. The molecule has 94 valence electrons. The van der Waals surface area contributed by atoms with Gasteiger partial charge >= 0.3 is 0 Å². The molecule has 0 N–H and O–H groups in total. The standard InChI is InChI=1S/C15H18N2O/c1-2-14-13-5-3-4-6-15(13)17(16-14)12-8-7-11(9-12)10-18/h3-6,10-12H,2,7-9H2,1H3/t11?,12-/m0/s1. The number of aryl methyl sites for hydroxylation is 1. The Morgan fingerprint density at radius 2 is 2.22 bits per heavy atom. The summed E-state index contributed by atoms with van der Waals surface area (Å²) in [5, 5.41) is 6.02. The zero-order valence-electron chi connectivity index (χ0n) is 10.7. The van der Waals surface area contributed by atoms with Crippen LogP contribution in [0.2, 0.25) is 0 Å². The molecule has 2 atom stereocenters. The first-order chi connectivity index (χ1) is 8.83. The number of benzene rings is 1. The predicted molar refractivity (Wildman–Crippen MR) is 71.6 cm³/mol. The summed E-state index contributed by atoms with van der Waals surface area (Å²) in [5.41, 5.74) is 2.38. The van der Waals surface area contributed by atoms with Gasteiger partial charge in [0.2, 0.25) is 0 Å². The Morgan fingerprint density at radius 1 is 1.39 bits per heavy atom. The van der Waals surface area contributed by atoms with Crippen molar-refractivity contribution >= 4 is 17.2 Å². The van der Waals surface area contributed by atoms with Crippen LogP contribution in [0.15, 0.2) is 24.3 Å². The molecule has 0 amide bonds. The largest absolute Gasteiger partial charge is 0.303 e. The minimum atomic E-state index is 0.225. The summed E-state index contributed by atoms with van der Waals surface area (Å²) in [6, 6.07) is 8.80. The number of aldehydes is 1. The maximum Gasteiger partial charge on any atom is 0.123 e. The number of carbonyl (C=O) groups excluding carboxylic acids is 1. The molecule has 0 radical (unpaired) electrons. The van der Waals surface area contributed by atoms with Crippen molar-refractivity contribution in [1.29, 1.82) is 0 Å². The highest BCUT2D eigenvalue weighted by Gasteiger charge is 2.27. The Bertz CT molecular complexity index is 573. The van der Waals surface area contributed by atoms with Crippen molar-refractivity contribution in [3.63, 3.8) is 0 Å². The van der Waals surface area contributed by atoms with E-state index >= 15 is 0 Å². The summed E-state index contributed by atoms with van der Waals surface area (Å²) in [6.07, 6.45) is 5.07. The van der Waals surface area contributed by atoms with E-state index in [0.29, 0.717) is 6.04 Å². The van der Waals surface area contributed by atoms with Crippen LogP contribution in [0.4, 0.5) is 0 Å². The molecule has 2 aromatic rings. The smallest absolute Gasteiger partial charge is 0.123 e. The van der Waals surface area contributed by atoms with Gasteiger partial charge < -0.3 is 4.79 Å². The second kappa shape index (κ2) is 4.56. The highest BCUT2D eigenvalue weighted by Crippen LogP contribution is 2.35. The Balaban J connectivity index is 2.04. The van der Waals surface area contributed by atoms with Crippen LogP contribution >= 0.6 is 0 Å². The number of rotatable bonds is 3. The number of carbonyl (C=O) groups is 1. The van der Waals surface area contributed by atoms with Crippen molar-refractivity contribution < 1.29 is 4.79 Å². The number of hydrogen-bond acceptors (Lipinski definition) is 2. The maximum absolute atomic E-state index is 10.9. The summed E-state index contributed by atoms with van der Waals surface area (Å²) in [6.45, 7) is 2.14. The van der Waals surface area contributed by atoms with Crippen LogP contribution in [0.25, 0.3) is 10.9 Å². The normalized spacial score (nSPS) is 23.6. The Morgan fingerprint density at radius 3 is 2.94 bits per heavy atom. The van der Waals surface area contributed by atoms with Gasteiger partial charge in [-0.1, -0.05) is 25.1 Å². The summed E-state index contributed by atoms with van der Waals surface area (Å²) >= 11 is 0. The van der Waals surface area contributed by atoms with Crippen LogP contribution in [0, 0.1) is 5.92 Å². The van der Waals surface area contributed by atoms with Gasteiger partial charge in [-0.05, 0) is 31.7 Å². The van der Waals surface area contributed by atoms with E-state index in [2.05, 4.69) is 35.9 Å². The lowest BCUT2D eigenvalue weighted by Gasteiger charge is -2.11. The summed E-state index contributed by atoms with van der Waals surface area (Å²) in [5.74, 6) is 0.225. The summed E-state index contributed by atoms with van der Waals surface area (Å²) in [4.78, 5) is 10.9. The number of nitrogens with zero attached hydrogens (tertiary/aromatic N) is 2. The van der Waals surface area contributed by atoms with Crippen LogP contribution in [0.5, 0.6) is 0 Å². The topological polar surface area (TPSA) is 34.9 Å². The van der Waals surface area contributed by atoms with Gasteiger partial charge in [0.05, 0.1) is 17.3 Å². The molecule has 1 heterocycles. The fourth-order valence-corrected chi connectivity index (χ4v) is 3.03. The minimum Gasteiger partial charge on any atom is -0.303 e. The van der Waals surface area contributed by atoms with E-state index in [0.717, 1.165) is 32.0 Å². The average Bonchev–Trinajstić information content (AvgIpc) is 3.02. The van der Waals surface area contributed by atoms with Gasteiger partial charge in [0.25, 0.3) is 0 Å². The Hall–Kier alpha value is -1.64. The quantitative estimate of drug-likeness (QED) is 0.775. The first-order valence-corrected chi connectivity index (χ1v) is 6.75. The molecule has 1 aromatic heterocycles. The highest BCUT2D eigenvalue weighted by atomic mass is 16.1. The number of hydrogen-bond donors (Lipinski definition) is 0. The minimum absolute atomic E-state index is 0.225. The predicted octanol–water partition coefficient (Wildman–Crippen LogP) is 3.14. The number of aromatic nitrogens is 2. The molecular formula is C15H18N2O. The van der Waals surface area contributed by atoms with Gasteiger partial charge in [0, 0.05) is 11.3 Å². The lowest BCUT2D eigenvalue weighted by Crippen LogP contribution is -2.08. The highest BCUT2D eigenvalue weighted by molar-refractivity contribution is 5.82. The van der Waals surface area contributed by atoms with E-state index in [-0.39, 0.29) is 5.92 Å². The SMILES string of the molecule is CCc1nn([C@H]2CCC(C=O)C2)c2ccccc12. The van der Waals surface area contributed by atoms with Crippen molar-refractivity contribution in [3.8, 4) is 0 Å². The second-order valence-electron chi connectivity index (χ2n) is 5.13. The van der Waals surface area contributed by atoms with Crippen LogP contribution in [0.3, 0.4) is 0 Å². The van der Waals surface area contributed by atoms with Crippen LogP contribution in [0.1, 0.15) is 37.9 Å². The van der Waals surface area contributed by atoms with Crippen LogP contribution < -0.4 is 0 Å². The molecule has 3 nitrogen and oxygen atoms in total. The van der Waals surface area contributed by atoms with E-state index < -0.39 is 0 Å². The summed E-state index contributed by atoms with van der Waals surface area (Å²) < 4.78 is 2.15. The molecule has 1 fully saturated rings. The molecule has 0 bridgehead atoms. The van der Waals surface area contributed by atoms with E-state index in [1.54, 1.807) is 0 Å². The molecule has 1 aliphatic rings. The molecule has 0 aliphatic heterocycles. The zero-order valence-corrected chi connectivity index (χ0v) is 10.7. The molecule has 1 aliphatic carbocycles. The molecular weight excluding hydrogens is 224 g/mol.